The van der Waals surface area contributed by atoms with Crippen LogP contribution in [0.3, 0.4) is 0 Å². The molecule has 1 heterocycles. The van der Waals surface area contributed by atoms with Crippen molar-refractivity contribution in [3.63, 3.8) is 0 Å². The predicted molar refractivity (Wildman–Crippen MR) is 79.8 cm³/mol. The molecule has 0 saturated carbocycles. The Hall–Kier alpha value is -0.545. The van der Waals surface area contributed by atoms with Crippen LogP contribution in [0, 0.1) is 0 Å². The second-order valence-electron chi connectivity index (χ2n) is 6.12. The summed E-state index contributed by atoms with van der Waals surface area (Å²) in [5, 5.41) is 0.633. The van der Waals surface area contributed by atoms with Crippen LogP contribution in [0.15, 0.2) is 18.2 Å². The average Bonchev–Trinajstić information content (AvgIpc) is 2.47. The van der Waals surface area contributed by atoms with Crippen LogP contribution in [0.5, 0.6) is 0 Å². The van der Waals surface area contributed by atoms with Crippen molar-refractivity contribution in [2.45, 2.75) is 51.9 Å². The minimum Gasteiger partial charge on any atom is -0.399 e. The molecular weight excluding hydrogens is 260 g/mol. The van der Waals surface area contributed by atoms with Gasteiger partial charge in [-0.05, 0) is 46.2 Å². The van der Waals surface area contributed by atoms with Gasteiger partial charge in [0.05, 0.1) is 11.2 Å². The Bertz CT molecular complexity index is 472. The van der Waals surface area contributed by atoms with E-state index in [1.807, 2.05) is 52.8 Å². The molecule has 0 aromatic heterocycles. The molecule has 0 bridgehead atoms. The second kappa shape index (κ2) is 4.78. The van der Waals surface area contributed by atoms with Crippen molar-refractivity contribution < 1.29 is 9.31 Å². The van der Waals surface area contributed by atoms with E-state index in [4.69, 9.17) is 26.6 Å². The highest BCUT2D eigenvalue weighted by Crippen LogP contribution is 2.37. The van der Waals surface area contributed by atoms with E-state index in [0.717, 1.165) is 11.0 Å². The summed E-state index contributed by atoms with van der Waals surface area (Å²) in [5.41, 5.74) is 7.06. The van der Waals surface area contributed by atoms with Crippen molar-refractivity contribution in [1.82, 2.24) is 0 Å². The van der Waals surface area contributed by atoms with E-state index in [2.05, 4.69) is 0 Å². The first-order valence-electron chi connectivity index (χ1n) is 6.55. The lowest BCUT2D eigenvalue weighted by Gasteiger charge is -2.32. The van der Waals surface area contributed by atoms with Crippen LogP contribution in [-0.2, 0) is 9.31 Å². The summed E-state index contributed by atoms with van der Waals surface area (Å²) in [7, 11) is -0.473. The van der Waals surface area contributed by atoms with E-state index in [1.165, 1.54) is 0 Å². The molecule has 1 aliphatic heterocycles. The molecule has 1 fully saturated rings. The standard InChI is InChI=1S/C14H21BClNO2/c1-9(17)10-7-6-8-11(16)12(10)15-18-13(2,3)14(4,5)19-15/h6-9H,17H2,1-5H3. The molecule has 0 radical (unpaired) electrons. The molecule has 1 saturated heterocycles. The highest BCUT2D eigenvalue weighted by atomic mass is 35.5. The van der Waals surface area contributed by atoms with E-state index >= 15 is 0 Å². The zero-order valence-corrected chi connectivity index (χ0v) is 12.9. The van der Waals surface area contributed by atoms with E-state index in [0.29, 0.717) is 5.02 Å². The number of rotatable bonds is 2. The summed E-state index contributed by atoms with van der Waals surface area (Å²) in [4.78, 5) is 0. The van der Waals surface area contributed by atoms with Crippen LogP contribution in [0.25, 0.3) is 0 Å². The minimum absolute atomic E-state index is 0.118. The Kier molecular flexibility index (Phi) is 3.73. The van der Waals surface area contributed by atoms with Crippen molar-refractivity contribution in [3.05, 3.63) is 28.8 Å². The number of benzene rings is 1. The molecule has 104 valence electrons. The number of hydrogen-bond acceptors (Lipinski definition) is 3. The van der Waals surface area contributed by atoms with Gasteiger partial charge in [-0.2, -0.15) is 0 Å². The van der Waals surface area contributed by atoms with E-state index in [1.54, 1.807) is 0 Å². The normalized spacial score (nSPS) is 22.6. The second-order valence-corrected chi connectivity index (χ2v) is 6.53. The van der Waals surface area contributed by atoms with Crippen LogP contribution < -0.4 is 11.2 Å². The summed E-state index contributed by atoms with van der Waals surface area (Å²) in [6, 6.07) is 5.59. The van der Waals surface area contributed by atoms with E-state index in [9.17, 15) is 0 Å². The lowest BCUT2D eigenvalue weighted by atomic mass is 9.74. The fourth-order valence-electron chi connectivity index (χ4n) is 2.16. The van der Waals surface area contributed by atoms with Crippen LogP contribution in [-0.4, -0.2) is 18.3 Å². The van der Waals surface area contributed by atoms with Gasteiger partial charge in [0.25, 0.3) is 0 Å². The minimum atomic E-state index is -0.473. The van der Waals surface area contributed by atoms with Crippen molar-refractivity contribution in [1.29, 1.82) is 0 Å². The number of hydrogen-bond donors (Lipinski definition) is 1. The Morgan fingerprint density at radius 2 is 1.68 bits per heavy atom. The first-order chi connectivity index (χ1) is 8.66. The smallest absolute Gasteiger partial charge is 0.399 e. The highest BCUT2D eigenvalue weighted by Gasteiger charge is 2.52. The number of halogens is 1. The quantitative estimate of drug-likeness (QED) is 0.848. The zero-order chi connectivity index (χ0) is 14.4. The highest BCUT2D eigenvalue weighted by molar-refractivity contribution is 6.66. The third-order valence-electron chi connectivity index (χ3n) is 4.07. The molecule has 2 rings (SSSR count). The maximum atomic E-state index is 6.32. The topological polar surface area (TPSA) is 44.5 Å². The lowest BCUT2D eigenvalue weighted by Crippen LogP contribution is -2.41. The average molecular weight is 282 g/mol. The molecule has 1 aromatic rings. The molecule has 1 unspecified atom stereocenters. The van der Waals surface area contributed by atoms with Gasteiger partial charge in [0.2, 0.25) is 0 Å². The predicted octanol–water partition coefficient (Wildman–Crippen LogP) is 2.66. The van der Waals surface area contributed by atoms with Gasteiger partial charge in [0, 0.05) is 16.5 Å². The van der Waals surface area contributed by atoms with Crippen molar-refractivity contribution in [2.24, 2.45) is 5.73 Å². The largest absolute Gasteiger partial charge is 0.496 e. The van der Waals surface area contributed by atoms with Crippen LogP contribution in [0.4, 0.5) is 0 Å². The summed E-state index contributed by atoms with van der Waals surface area (Å²) in [6.45, 7) is 10.0. The van der Waals surface area contributed by atoms with E-state index < -0.39 is 7.12 Å². The lowest BCUT2D eigenvalue weighted by molar-refractivity contribution is 0.00578. The van der Waals surface area contributed by atoms with Gasteiger partial charge < -0.3 is 15.0 Å². The van der Waals surface area contributed by atoms with Crippen molar-refractivity contribution in [3.8, 4) is 0 Å². The molecule has 19 heavy (non-hydrogen) atoms. The van der Waals surface area contributed by atoms with E-state index in [-0.39, 0.29) is 17.2 Å². The van der Waals surface area contributed by atoms with Crippen molar-refractivity contribution in [2.75, 3.05) is 0 Å². The SMILES string of the molecule is CC(N)c1cccc(Cl)c1B1OC(C)(C)C(C)(C)O1. The van der Waals surface area contributed by atoms with Gasteiger partial charge in [-0.15, -0.1) is 0 Å². The molecular formula is C14H21BClNO2. The summed E-state index contributed by atoms with van der Waals surface area (Å²) in [5.74, 6) is 0. The maximum Gasteiger partial charge on any atom is 0.496 e. The third-order valence-corrected chi connectivity index (χ3v) is 4.40. The summed E-state index contributed by atoms with van der Waals surface area (Å²) >= 11 is 6.32. The number of nitrogens with two attached hydrogens (primary N) is 1. The Morgan fingerprint density at radius 3 is 2.16 bits per heavy atom. The molecule has 5 heteroatoms. The molecule has 0 amide bonds. The first kappa shape index (κ1) is 14.9. The fourth-order valence-corrected chi connectivity index (χ4v) is 2.43. The summed E-state index contributed by atoms with van der Waals surface area (Å²) < 4.78 is 12.1. The maximum absolute atomic E-state index is 6.32. The van der Waals surface area contributed by atoms with Crippen LogP contribution >= 0.6 is 11.6 Å². The van der Waals surface area contributed by atoms with Gasteiger partial charge in [0.1, 0.15) is 0 Å². The fraction of sp³-hybridized carbons (Fsp3) is 0.571. The monoisotopic (exact) mass is 281 g/mol. The Labute approximate surface area is 120 Å². The first-order valence-corrected chi connectivity index (χ1v) is 6.93. The molecule has 2 N–H and O–H groups in total. The summed E-state index contributed by atoms with van der Waals surface area (Å²) in [6.07, 6.45) is 0. The van der Waals surface area contributed by atoms with Crippen molar-refractivity contribution >= 4 is 24.2 Å². The van der Waals surface area contributed by atoms with Gasteiger partial charge in [0.15, 0.2) is 0 Å². The molecule has 1 aliphatic rings. The van der Waals surface area contributed by atoms with Gasteiger partial charge in [-0.3, -0.25) is 0 Å². The Balaban J connectivity index is 2.45. The third kappa shape index (κ3) is 2.55. The molecule has 0 aliphatic carbocycles. The molecule has 1 atom stereocenters. The van der Waals surface area contributed by atoms with Gasteiger partial charge in [-0.25, -0.2) is 0 Å². The molecule has 1 aromatic carbocycles. The van der Waals surface area contributed by atoms with Crippen LogP contribution in [0.1, 0.15) is 46.2 Å². The molecule has 3 nitrogen and oxygen atoms in total. The van der Waals surface area contributed by atoms with Gasteiger partial charge in [-0.1, -0.05) is 23.7 Å². The Morgan fingerprint density at radius 1 is 1.16 bits per heavy atom. The molecule has 0 spiro atoms. The van der Waals surface area contributed by atoms with Crippen LogP contribution in [0.2, 0.25) is 5.02 Å². The zero-order valence-electron chi connectivity index (χ0n) is 12.2. The van der Waals surface area contributed by atoms with Gasteiger partial charge >= 0.3 is 7.12 Å².